The van der Waals surface area contributed by atoms with Gasteiger partial charge < -0.3 is 9.47 Å². The fraction of sp³-hybridized carbons (Fsp3) is 0.588. The molecule has 0 spiro atoms. The highest BCUT2D eigenvalue weighted by molar-refractivity contribution is 6.03. The van der Waals surface area contributed by atoms with Crippen molar-refractivity contribution in [3.63, 3.8) is 0 Å². The standard InChI is InChI=1S/C17H25NO2/c1-12(2)17(11-19-3)18-16-7-5-6-13-8-9-14(20-4)10-15(13)16/h8-10,12,17H,5-7,11H2,1-4H3/t17-/m1/s1. The van der Waals surface area contributed by atoms with Gasteiger partial charge >= 0.3 is 0 Å². The average molecular weight is 275 g/mol. The molecule has 0 unspecified atom stereocenters. The van der Waals surface area contributed by atoms with Crippen molar-refractivity contribution in [1.82, 2.24) is 0 Å². The Bertz CT molecular complexity index is 480. The van der Waals surface area contributed by atoms with Gasteiger partial charge in [-0.05, 0) is 42.9 Å². The number of fused-ring (bicyclic) bond motifs is 1. The molecule has 0 radical (unpaired) electrons. The molecule has 0 saturated heterocycles. The second-order valence-corrected chi connectivity index (χ2v) is 5.72. The summed E-state index contributed by atoms with van der Waals surface area (Å²) in [6.45, 7) is 5.08. The summed E-state index contributed by atoms with van der Waals surface area (Å²) in [6.07, 6.45) is 3.36. The van der Waals surface area contributed by atoms with E-state index in [4.69, 9.17) is 14.5 Å². The Morgan fingerprint density at radius 2 is 2.00 bits per heavy atom. The van der Waals surface area contributed by atoms with Crippen molar-refractivity contribution in [2.45, 2.75) is 39.2 Å². The highest BCUT2D eigenvalue weighted by Gasteiger charge is 2.19. The fourth-order valence-electron chi connectivity index (χ4n) is 2.63. The van der Waals surface area contributed by atoms with Crippen LogP contribution in [0.4, 0.5) is 0 Å². The van der Waals surface area contributed by atoms with Gasteiger partial charge in [0, 0.05) is 18.4 Å². The molecule has 1 aliphatic carbocycles. The lowest BCUT2D eigenvalue weighted by atomic mass is 9.89. The highest BCUT2D eigenvalue weighted by Crippen LogP contribution is 2.27. The maximum atomic E-state index is 5.35. The molecule has 1 aromatic rings. The van der Waals surface area contributed by atoms with Crippen molar-refractivity contribution in [3.8, 4) is 5.75 Å². The molecule has 3 heteroatoms. The van der Waals surface area contributed by atoms with E-state index in [1.807, 2.05) is 6.07 Å². The number of rotatable bonds is 5. The second kappa shape index (κ2) is 6.89. The number of aliphatic imine (C=N–C) groups is 1. The van der Waals surface area contributed by atoms with E-state index in [0.717, 1.165) is 18.6 Å². The van der Waals surface area contributed by atoms with Gasteiger partial charge in [0.25, 0.3) is 0 Å². The summed E-state index contributed by atoms with van der Waals surface area (Å²) in [5.74, 6) is 1.39. The van der Waals surface area contributed by atoms with Crippen LogP contribution in [-0.4, -0.2) is 32.6 Å². The predicted molar refractivity (Wildman–Crippen MR) is 83.0 cm³/mol. The van der Waals surface area contributed by atoms with Gasteiger partial charge in [0.15, 0.2) is 0 Å². The number of aryl methyl sites for hydroxylation is 1. The molecule has 20 heavy (non-hydrogen) atoms. The number of hydrogen-bond donors (Lipinski definition) is 0. The Morgan fingerprint density at radius 3 is 2.65 bits per heavy atom. The smallest absolute Gasteiger partial charge is 0.119 e. The SMILES string of the molecule is COC[C@@H](N=C1CCCc2ccc(OC)cc21)C(C)C. The molecule has 0 N–H and O–H groups in total. The second-order valence-electron chi connectivity index (χ2n) is 5.72. The van der Waals surface area contributed by atoms with E-state index in [9.17, 15) is 0 Å². The molecular formula is C17H25NO2. The summed E-state index contributed by atoms with van der Waals surface area (Å²) in [7, 11) is 3.45. The third kappa shape index (κ3) is 3.40. The minimum atomic E-state index is 0.229. The molecule has 0 heterocycles. The first kappa shape index (κ1) is 15.0. The zero-order chi connectivity index (χ0) is 14.5. The van der Waals surface area contributed by atoms with E-state index in [0.29, 0.717) is 12.5 Å². The predicted octanol–water partition coefficient (Wildman–Crippen LogP) is 3.49. The monoisotopic (exact) mass is 275 g/mol. The fourth-order valence-corrected chi connectivity index (χ4v) is 2.63. The van der Waals surface area contributed by atoms with Gasteiger partial charge in [-0.15, -0.1) is 0 Å². The van der Waals surface area contributed by atoms with E-state index in [2.05, 4.69) is 26.0 Å². The lowest BCUT2D eigenvalue weighted by Crippen LogP contribution is -2.23. The van der Waals surface area contributed by atoms with E-state index in [1.165, 1.54) is 23.3 Å². The summed E-state index contributed by atoms with van der Waals surface area (Å²) >= 11 is 0. The van der Waals surface area contributed by atoms with Crippen molar-refractivity contribution in [3.05, 3.63) is 29.3 Å². The first-order valence-electron chi connectivity index (χ1n) is 7.38. The minimum Gasteiger partial charge on any atom is -0.497 e. The van der Waals surface area contributed by atoms with Crippen LogP contribution in [0.5, 0.6) is 5.75 Å². The molecule has 3 nitrogen and oxygen atoms in total. The molecule has 0 fully saturated rings. The number of benzene rings is 1. The first-order valence-corrected chi connectivity index (χ1v) is 7.38. The Balaban J connectivity index is 2.34. The maximum absolute atomic E-state index is 5.35. The topological polar surface area (TPSA) is 30.8 Å². The summed E-state index contributed by atoms with van der Waals surface area (Å²) in [6, 6.07) is 6.56. The number of ether oxygens (including phenoxy) is 2. The van der Waals surface area contributed by atoms with Gasteiger partial charge in [0.1, 0.15) is 5.75 Å². The molecule has 1 aromatic carbocycles. The first-order chi connectivity index (χ1) is 9.65. The van der Waals surface area contributed by atoms with Crippen LogP contribution in [0.1, 0.15) is 37.8 Å². The van der Waals surface area contributed by atoms with Crippen molar-refractivity contribution in [2.24, 2.45) is 10.9 Å². The van der Waals surface area contributed by atoms with Crippen molar-refractivity contribution < 1.29 is 9.47 Å². The van der Waals surface area contributed by atoms with Gasteiger partial charge in [0.2, 0.25) is 0 Å². The molecule has 0 amide bonds. The maximum Gasteiger partial charge on any atom is 0.119 e. The van der Waals surface area contributed by atoms with Crippen LogP contribution < -0.4 is 4.74 Å². The van der Waals surface area contributed by atoms with Crippen LogP contribution in [-0.2, 0) is 11.2 Å². The summed E-state index contributed by atoms with van der Waals surface area (Å²) in [5.41, 5.74) is 3.86. The quantitative estimate of drug-likeness (QED) is 0.823. The van der Waals surface area contributed by atoms with E-state index >= 15 is 0 Å². The third-order valence-corrected chi connectivity index (χ3v) is 3.92. The molecule has 1 atom stereocenters. The van der Waals surface area contributed by atoms with Crippen molar-refractivity contribution in [2.75, 3.05) is 20.8 Å². The Labute approximate surface area is 122 Å². The van der Waals surface area contributed by atoms with Crippen LogP contribution in [0.15, 0.2) is 23.2 Å². The molecule has 2 rings (SSSR count). The number of nitrogens with zero attached hydrogens (tertiary/aromatic N) is 1. The van der Waals surface area contributed by atoms with Crippen LogP contribution in [0.2, 0.25) is 0 Å². The molecule has 0 saturated carbocycles. The Morgan fingerprint density at radius 1 is 1.20 bits per heavy atom. The normalized spacial score (nSPS) is 18.1. The van der Waals surface area contributed by atoms with Crippen molar-refractivity contribution in [1.29, 1.82) is 0 Å². The van der Waals surface area contributed by atoms with E-state index in [-0.39, 0.29) is 6.04 Å². The number of hydrogen-bond acceptors (Lipinski definition) is 3. The lowest BCUT2D eigenvalue weighted by Gasteiger charge is -2.23. The van der Waals surface area contributed by atoms with Crippen LogP contribution >= 0.6 is 0 Å². The van der Waals surface area contributed by atoms with Gasteiger partial charge in [-0.25, -0.2) is 0 Å². The zero-order valence-electron chi connectivity index (χ0n) is 13.0. The van der Waals surface area contributed by atoms with Crippen LogP contribution in [0, 0.1) is 5.92 Å². The zero-order valence-corrected chi connectivity index (χ0v) is 13.0. The van der Waals surface area contributed by atoms with E-state index in [1.54, 1.807) is 14.2 Å². The number of methoxy groups -OCH3 is 2. The molecule has 110 valence electrons. The van der Waals surface area contributed by atoms with Crippen molar-refractivity contribution >= 4 is 5.71 Å². The third-order valence-electron chi connectivity index (χ3n) is 3.92. The van der Waals surface area contributed by atoms with Gasteiger partial charge in [-0.1, -0.05) is 19.9 Å². The summed E-state index contributed by atoms with van der Waals surface area (Å²) < 4.78 is 10.7. The van der Waals surface area contributed by atoms with Crippen LogP contribution in [0.3, 0.4) is 0 Å². The largest absolute Gasteiger partial charge is 0.497 e. The average Bonchev–Trinajstić information content (AvgIpc) is 2.46. The van der Waals surface area contributed by atoms with Crippen LogP contribution in [0.25, 0.3) is 0 Å². The molecule has 0 bridgehead atoms. The Kier molecular flexibility index (Phi) is 5.18. The summed E-state index contributed by atoms with van der Waals surface area (Å²) in [4.78, 5) is 4.98. The van der Waals surface area contributed by atoms with E-state index < -0.39 is 0 Å². The minimum absolute atomic E-state index is 0.229. The lowest BCUT2D eigenvalue weighted by molar-refractivity contribution is 0.165. The molecular weight excluding hydrogens is 250 g/mol. The Hall–Kier alpha value is -1.35. The molecule has 0 aromatic heterocycles. The van der Waals surface area contributed by atoms with Gasteiger partial charge in [-0.2, -0.15) is 0 Å². The van der Waals surface area contributed by atoms with Gasteiger partial charge in [-0.3, -0.25) is 4.99 Å². The molecule has 0 aliphatic heterocycles. The van der Waals surface area contributed by atoms with Gasteiger partial charge in [0.05, 0.1) is 19.8 Å². The highest BCUT2D eigenvalue weighted by atomic mass is 16.5. The molecule has 1 aliphatic rings. The summed E-state index contributed by atoms with van der Waals surface area (Å²) in [5, 5.41) is 0.